The Labute approximate surface area is 140 Å². The molecule has 1 rings (SSSR count). The van der Waals surface area contributed by atoms with Crippen molar-refractivity contribution in [1.29, 1.82) is 0 Å². The normalized spacial score (nSPS) is 20.5. The molecule has 0 aliphatic carbocycles. The van der Waals surface area contributed by atoms with Crippen molar-refractivity contribution in [3.63, 3.8) is 0 Å². The summed E-state index contributed by atoms with van der Waals surface area (Å²) in [6.07, 6.45) is 3.72. The lowest BCUT2D eigenvalue weighted by molar-refractivity contribution is 0.270. The van der Waals surface area contributed by atoms with Crippen molar-refractivity contribution in [2.75, 3.05) is 31.1 Å². The van der Waals surface area contributed by atoms with E-state index in [9.17, 15) is 0 Å². The highest BCUT2D eigenvalue weighted by atomic mass is 127. The minimum atomic E-state index is 0. The van der Waals surface area contributed by atoms with Gasteiger partial charge in [0.05, 0.1) is 0 Å². The molecule has 1 aliphatic rings. The fourth-order valence-corrected chi connectivity index (χ4v) is 3.15. The number of nitrogens with two attached hydrogens (primary N) is 1. The molecule has 1 atom stereocenters. The van der Waals surface area contributed by atoms with Crippen molar-refractivity contribution in [2.24, 2.45) is 22.6 Å². The van der Waals surface area contributed by atoms with Gasteiger partial charge in [-0.05, 0) is 42.6 Å². The van der Waals surface area contributed by atoms with Gasteiger partial charge in [0.2, 0.25) is 0 Å². The minimum Gasteiger partial charge on any atom is -0.370 e. The van der Waals surface area contributed by atoms with Gasteiger partial charge in [0.25, 0.3) is 0 Å². The molecular formula is C14H30IN3S. The van der Waals surface area contributed by atoms with Crippen molar-refractivity contribution in [3.8, 4) is 0 Å². The molecule has 19 heavy (non-hydrogen) atoms. The fraction of sp³-hybridized carbons (Fsp3) is 0.929. The van der Waals surface area contributed by atoms with E-state index < -0.39 is 0 Å². The number of hydrogen-bond donors (Lipinski definition) is 1. The predicted molar refractivity (Wildman–Crippen MR) is 98.7 cm³/mol. The SMILES string of the molecule is CC(C)CSCCCN=C(N)N1CCCC(C)C1.I. The van der Waals surface area contributed by atoms with Gasteiger partial charge in [0.1, 0.15) is 0 Å². The van der Waals surface area contributed by atoms with Crippen molar-refractivity contribution in [2.45, 2.75) is 40.0 Å². The number of piperidine rings is 1. The number of likely N-dealkylation sites (tertiary alicyclic amines) is 1. The maximum absolute atomic E-state index is 6.04. The van der Waals surface area contributed by atoms with Crippen LogP contribution in [0.3, 0.4) is 0 Å². The Kier molecular flexibility index (Phi) is 11.3. The Hall–Kier alpha value is 0.350. The average Bonchev–Trinajstić information content (AvgIpc) is 2.33. The van der Waals surface area contributed by atoms with Gasteiger partial charge >= 0.3 is 0 Å². The summed E-state index contributed by atoms with van der Waals surface area (Å²) in [5.74, 6) is 4.76. The van der Waals surface area contributed by atoms with Gasteiger partial charge in [-0.25, -0.2) is 0 Å². The summed E-state index contributed by atoms with van der Waals surface area (Å²) in [7, 11) is 0. The number of aliphatic imine (C=N–C) groups is 1. The molecule has 1 fully saturated rings. The van der Waals surface area contributed by atoms with Crippen LogP contribution in [0.25, 0.3) is 0 Å². The first-order chi connectivity index (χ1) is 8.59. The van der Waals surface area contributed by atoms with Gasteiger partial charge in [0, 0.05) is 19.6 Å². The Morgan fingerprint density at radius 2 is 2.21 bits per heavy atom. The summed E-state index contributed by atoms with van der Waals surface area (Å²) in [4.78, 5) is 6.75. The Balaban J connectivity index is 0.00000324. The summed E-state index contributed by atoms with van der Waals surface area (Å²) in [5, 5.41) is 0. The van der Waals surface area contributed by atoms with Crippen LogP contribution in [-0.2, 0) is 0 Å². The number of rotatable bonds is 6. The van der Waals surface area contributed by atoms with E-state index in [1.807, 2.05) is 11.8 Å². The summed E-state index contributed by atoms with van der Waals surface area (Å²) in [5.41, 5.74) is 6.04. The predicted octanol–water partition coefficient (Wildman–Crippen LogP) is 3.43. The van der Waals surface area contributed by atoms with Crippen molar-refractivity contribution >= 4 is 41.7 Å². The number of thioether (sulfide) groups is 1. The van der Waals surface area contributed by atoms with Crippen LogP contribution in [0.5, 0.6) is 0 Å². The van der Waals surface area contributed by atoms with E-state index in [1.54, 1.807) is 0 Å². The van der Waals surface area contributed by atoms with E-state index in [1.165, 1.54) is 24.3 Å². The van der Waals surface area contributed by atoms with Crippen LogP contribution in [0.2, 0.25) is 0 Å². The lowest BCUT2D eigenvalue weighted by Gasteiger charge is -2.31. The molecule has 2 N–H and O–H groups in total. The lowest BCUT2D eigenvalue weighted by atomic mass is 10.0. The lowest BCUT2D eigenvalue weighted by Crippen LogP contribution is -2.43. The summed E-state index contributed by atoms with van der Waals surface area (Å²) < 4.78 is 0. The van der Waals surface area contributed by atoms with Crippen LogP contribution in [0.1, 0.15) is 40.0 Å². The van der Waals surface area contributed by atoms with Crippen molar-refractivity contribution < 1.29 is 0 Å². The first kappa shape index (κ1) is 19.4. The molecule has 114 valence electrons. The molecule has 0 aromatic rings. The zero-order valence-corrected chi connectivity index (χ0v) is 15.7. The maximum Gasteiger partial charge on any atom is 0.191 e. The van der Waals surface area contributed by atoms with Crippen LogP contribution in [-0.4, -0.2) is 42.0 Å². The molecule has 0 amide bonds. The molecular weight excluding hydrogens is 369 g/mol. The van der Waals surface area contributed by atoms with Crippen LogP contribution in [0.4, 0.5) is 0 Å². The van der Waals surface area contributed by atoms with Crippen LogP contribution in [0, 0.1) is 11.8 Å². The van der Waals surface area contributed by atoms with Crippen molar-refractivity contribution in [3.05, 3.63) is 0 Å². The van der Waals surface area contributed by atoms with Gasteiger partial charge in [-0.15, -0.1) is 24.0 Å². The zero-order chi connectivity index (χ0) is 13.4. The van der Waals surface area contributed by atoms with E-state index in [2.05, 4.69) is 30.7 Å². The quantitative estimate of drug-likeness (QED) is 0.322. The van der Waals surface area contributed by atoms with Gasteiger partial charge in [-0.1, -0.05) is 20.8 Å². The van der Waals surface area contributed by atoms with Crippen LogP contribution >= 0.6 is 35.7 Å². The number of nitrogens with zero attached hydrogens (tertiary/aromatic N) is 2. The summed E-state index contributed by atoms with van der Waals surface area (Å²) in [6, 6.07) is 0. The monoisotopic (exact) mass is 399 g/mol. The van der Waals surface area contributed by atoms with Crippen molar-refractivity contribution in [1.82, 2.24) is 4.90 Å². The highest BCUT2D eigenvalue weighted by Crippen LogP contribution is 2.15. The molecule has 0 bridgehead atoms. The Bertz CT molecular complexity index is 259. The maximum atomic E-state index is 6.04. The highest BCUT2D eigenvalue weighted by molar-refractivity contribution is 14.0. The zero-order valence-electron chi connectivity index (χ0n) is 12.6. The van der Waals surface area contributed by atoms with Crippen LogP contribution < -0.4 is 5.73 Å². The highest BCUT2D eigenvalue weighted by Gasteiger charge is 2.17. The van der Waals surface area contributed by atoms with Crippen LogP contribution in [0.15, 0.2) is 4.99 Å². The van der Waals surface area contributed by atoms with E-state index >= 15 is 0 Å². The molecule has 1 aliphatic heterocycles. The average molecular weight is 399 g/mol. The smallest absolute Gasteiger partial charge is 0.191 e. The molecule has 5 heteroatoms. The first-order valence-electron chi connectivity index (χ1n) is 7.22. The van der Waals surface area contributed by atoms with Gasteiger partial charge in [-0.2, -0.15) is 11.8 Å². The fourth-order valence-electron chi connectivity index (χ4n) is 2.18. The molecule has 0 spiro atoms. The standard InChI is InChI=1S/C14H29N3S.HI/c1-12(2)11-18-9-5-7-16-14(15)17-8-4-6-13(3)10-17;/h12-13H,4-11H2,1-3H3,(H2,15,16);1H. The molecule has 1 unspecified atom stereocenters. The Morgan fingerprint density at radius 1 is 1.47 bits per heavy atom. The third-order valence-electron chi connectivity index (χ3n) is 3.15. The molecule has 0 saturated carbocycles. The largest absolute Gasteiger partial charge is 0.370 e. The molecule has 3 nitrogen and oxygen atoms in total. The van der Waals surface area contributed by atoms with E-state index in [4.69, 9.17) is 5.73 Å². The second-order valence-corrected chi connectivity index (χ2v) is 6.91. The van der Waals surface area contributed by atoms with E-state index in [0.717, 1.165) is 43.9 Å². The number of halogens is 1. The second kappa shape index (κ2) is 11.1. The first-order valence-corrected chi connectivity index (χ1v) is 8.37. The van der Waals surface area contributed by atoms with Gasteiger partial charge in [-0.3, -0.25) is 4.99 Å². The second-order valence-electron chi connectivity index (χ2n) is 5.76. The van der Waals surface area contributed by atoms with E-state index in [0.29, 0.717) is 0 Å². The number of guanidine groups is 1. The van der Waals surface area contributed by atoms with Gasteiger partial charge < -0.3 is 10.6 Å². The van der Waals surface area contributed by atoms with Gasteiger partial charge in [0.15, 0.2) is 5.96 Å². The minimum absolute atomic E-state index is 0. The molecule has 1 heterocycles. The third kappa shape index (κ3) is 9.00. The summed E-state index contributed by atoms with van der Waals surface area (Å²) in [6.45, 7) is 9.87. The Morgan fingerprint density at radius 3 is 2.84 bits per heavy atom. The molecule has 0 radical (unpaired) electrons. The van der Waals surface area contributed by atoms with E-state index in [-0.39, 0.29) is 24.0 Å². The molecule has 0 aromatic heterocycles. The molecule has 0 aromatic carbocycles. The topological polar surface area (TPSA) is 41.6 Å². The molecule has 1 saturated heterocycles. The number of hydrogen-bond acceptors (Lipinski definition) is 2. The third-order valence-corrected chi connectivity index (χ3v) is 4.63. The summed E-state index contributed by atoms with van der Waals surface area (Å²) >= 11 is 2.03.